The van der Waals surface area contributed by atoms with E-state index in [2.05, 4.69) is 5.43 Å². The zero-order valence-electron chi connectivity index (χ0n) is 17.8. The molecule has 0 spiro atoms. The van der Waals surface area contributed by atoms with E-state index in [0.29, 0.717) is 5.56 Å². The summed E-state index contributed by atoms with van der Waals surface area (Å²) < 4.78 is 53.9. The molecule has 0 saturated heterocycles. The van der Waals surface area contributed by atoms with Crippen molar-refractivity contribution in [2.45, 2.75) is 18.4 Å². The molecule has 3 aromatic carbocycles. The molecule has 2 N–H and O–H groups in total. The summed E-state index contributed by atoms with van der Waals surface area (Å²) in [4.78, 5) is 24.4. The Morgan fingerprint density at radius 2 is 1.39 bits per heavy atom. The lowest BCUT2D eigenvalue weighted by atomic mass is 10.1. The van der Waals surface area contributed by atoms with Crippen LogP contribution in [0.25, 0.3) is 0 Å². The lowest BCUT2D eigenvalue weighted by Gasteiger charge is -2.17. The number of carbonyl (C=O) groups is 2. The molecule has 3 aromatic rings. The molecule has 0 aliphatic rings. The summed E-state index contributed by atoms with van der Waals surface area (Å²) in [7, 11) is -2.24. The van der Waals surface area contributed by atoms with Crippen molar-refractivity contribution in [2.24, 2.45) is 0 Å². The van der Waals surface area contributed by atoms with Crippen molar-refractivity contribution in [2.75, 3.05) is 7.05 Å². The number of hydrogen-bond acceptors (Lipinski definition) is 4. The zero-order chi connectivity index (χ0) is 24.2. The minimum absolute atomic E-state index is 0.0708. The molecule has 0 heterocycles. The van der Waals surface area contributed by atoms with Crippen LogP contribution in [0.4, 0.5) is 8.78 Å². The van der Waals surface area contributed by atoms with E-state index in [1.807, 2.05) is 12.3 Å². The molecular weight excluding hydrogens is 452 g/mol. The number of carbonyl (C=O) groups excluding carboxylic acids is 2. The third kappa shape index (κ3) is 5.60. The van der Waals surface area contributed by atoms with Crippen LogP contribution in [0.15, 0.2) is 71.6 Å². The Morgan fingerprint density at radius 1 is 0.848 bits per heavy atom. The first kappa shape index (κ1) is 24.0. The largest absolute Gasteiger partial charge is 0.275 e. The number of benzene rings is 3. The molecule has 0 radical (unpaired) electrons. The van der Waals surface area contributed by atoms with Crippen LogP contribution in [0.2, 0.25) is 0 Å². The van der Waals surface area contributed by atoms with Crippen LogP contribution in [0.3, 0.4) is 0 Å². The normalized spacial score (nSPS) is 11.3. The number of aryl methyl sites for hydroxylation is 1. The van der Waals surface area contributed by atoms with Crippen molar-refractivity contribution in [1.29, 1.82) is 0 Å². The molecule has 172 valence electrons. The van der Waals surface area contributed by atoms with Crippen LogP contribution in [0.1, 0.15) is 31.8 Å². The van der Waals surface area contributed by atoms with Crippen molar-refractivity contribution in [3.8, 4) is 0 Å². The highest BCUT2D eigenvalue weighted by Crippen LogP contribution is 2.18. The highest BCUT2D eigenvalue weighted by molar-refractivity contribution is 7.89. The number of amides is 2. The van der Waals surface area contributed by atoms with E-state index < -0.39 is 39.0 Å². The van der Waals surface area contributed by atoms with Gasteiger partial charge in [0, 0.05) is 19.2 Å². The fourth-order valence-corrected chi connectivity index (χ4v) is 4.12. The van der Waals surface area contributed by atoms with Gasteiger partial charge in [-0.05, 0) is 48.9 Å². The van der Waals surface area contributed by atoms with Crippen molar-refractivity contribution < 1.29 is 26.8 Å². The van der Waals surface area contributed by atoms with Crippen molar-refractivity contribution in [3.05, 3.63) is 101 Å². The maximum atomic E-state index is 13.6. The van der Waals surface area contributed by atoms with E-state index in [9.17, 15) is 26.8 Å². The second kappa shape index (κ2) is 9.88. The van der Waals surface area contributed by atoms with Gasteiger partial charge < -0.3 is 0 Å². The Hall–Kier alpha value is -3.63. The van der Waals surface area contributed by atoms with Gasteiger partial charge in [0.05, 0.1) is 4.90 Å². The van der Waals surface area contributed by atoms with Crippen molar-refractivity contribution in [3.63, 3.8) is 0 Å². The summed E-state index contributed by atoms with van der Waals surface area (Å²) in [5.41, 5.74) is 4.95. The molecular formula is C23H21F2N3O4S. The maximum absolute atomic E-state index is 13.6. The minimum Gasteiger partial charge on any atom is -0.267 e. The SMILES string of the molecule is Cc1ccc(S(=O)(=O)N(C)Cc2ccc(C(=O)NNC(=O)c3c(F)cccc3F)cc2)cc1. The lowest BCUT2D eigenvalue weighted by molar-refractivity contribution is 0.0841. The van der Waals surface area contributed by atoms with Crippen LogP contribution in [0, 0.1) is 18.6 Å². The lowest BCUT2D eigenvalue weighted by Crippen LogP contribution is -2.42. The number of hydrogen-bond donors (Lipinski definition) is 2. The standard InChI is InChI=1S/C23H21F2N3O4S/c1-15-6-12-18(13-7-15)33(31,32)28(2)14-16-8-10-17(11-9-16)22(29)26-27-23(30)21-19(24)4-3-5-20(21)25/h3-13H,14H2,1-2H3,(H,26,29)(H,27,30). The Bertz CT molecular complexity index is 1260. The second-order valence-electron chi connectivity index (χ2n) is 7.28. The van der Waals surface area contributed by atoms with Gasteiger partial charge in [0.1, 0.15) is 17.2 Å². The second-order valence-corrected chi connectivity index (χ2v) is 9.32. The molecule has 0 fully saturated rings. The summed E-state index contributed by atoms with van der Waals surface area (Å²) >= 11 is 0. The molecule has 0 unspecified atom stereocenters. The molecule has 0 bridgehead atoms. The van der Waals surface area contributed by atoms with E-state index in [4.69, 9.17) is 0 Å². The van der Waals surface area contributed by atoms with Gasteiger partial charge in [-0.2, -0.15) is 4.31 Å². The molecule has 0 aliphatic carbocycles. The third-order valence-corrected chi connectivity index (χ3v) is 6.65. The van der Waals surface area contributed by atoms with Crippen LogP contribution < -0.4 is 10.9 Å². The van der Waals surface area contributed by atoms with Gasteiger partial charge >= 0.3 is 0 Å². The fraction of sp³-hybridized carbons (Fsp3) is 0.130. The van der Waals surface area contributed by atoms with Crippen molar-refractivity contribution in [1.82, 2.24) is 15.2 Å². The summed E-state index contributed by atoms with van der Waals surface area (Å²) in [6.45, 7) is 1.93. The molecule has 0 aliphatic heterocycles. The average Bonchev–Trinajstić information content (AvgIpc) is 2.78. The van der Waals surface area contributed by atoms with Crippen LogP contribution in [-0.2, 0) is 16.6 Å². The minimum atomic E-state index is -3.69. The molecule has 0 atom stereocenters. The van der Waals surface area contributed by atoms with E-state index in [1.165, 1.54) is 35.6 Å². The smallest absolute Gasteiger partial charge is 0.267 e. The molecule has 7 nitrogen and oxygen atoms in total. The van der Waals surface area contributed by atoms with Gasteiger partial charge in [-0.1, -0.05) is 35.9 Å². The Balaban J connectivity index is 1.62. The third-order valence-electron chi connectivity index (χ3n) is 4.83. The van der Waals surface area contributed by atoms with Gasteiger partial charge in [0.25, 0.3) is 11.8 Å². The first-order chi connectivity index (χ1) is 15.6. The highest BCUT2D eigenvalue weighted by Gasteiger charge is 2.21. The molecule has 33 heavy (non-hydrogen) atoms. The van der Waals surface area contributed by atoms with Crippen LogP contribution in [0.5, 0.6) is 0 Å². The maximum Gasteiger partial charge on any atom is 0.275 e. The van der Waals surface area contributed by atoms with Gasteiger partial charge in [-0.3, -0.25) is 20.4 Å². The summed E-state index contributed by atoms with van der Waals surface area (Å²) in [6.07, 6.45) is 0. The predicted octanol–water partition coefficient (Wildman–Crippen LogP) is 3.17. The molecule has 0 aromatic heterocycles. The van der Waals surface area contributed by atoms with E-state index in [1.54, 1.807) is 24.3 Å². The predicted molar refractivity (Wildman–Crippen MR) is 118 cm³/mol. The summed E-state index contributed by atoms with van der Waals surface area (Å²) in [5, 5.41) is 0. The quantitative estimate of drug-likeness (QED) is 0.538. The van der Waals surface area contributed by atoms with Gasteiger partial charge in [0.15, 0.2) is 0 Å². The van der Waals surface area contributed by atoms with Gasteiger partial charge in [-0.25, -0.2) is 17.2 Å². The fourth-order valence-electron chi connectivity index (χ4n) is 2.96. The first-order valence-electron chi connectivity index (χ1n) is 9.76. The van der Waals surface area contributed by atoms with E-state index in [0.717, 1.165) is 23.8 Å². The number of sulfonamides is 1. The Kier molecular flexibility index (Phi) is 7.19. The highest BCUT2D eigenvalue weighted by atomic mass is 32.2. The monoisotopic (exact) mass is 473 g/mol. The number of hydrazine groups is 1. The molecule has 0 saturated carbocycles. The van der Waals surface area contributed by atoms with Crippen LogP contribution in [-0.4, -0.2) is 31.6 Å². The van der Waals surface area contributed by atoms with Crippen molar-refractivity contribution >= 4 is 21.8 Å². The molecule has 3 rings (SSSR count). The zero-order valence-corrected chi connectivity index (χ0v) is 18.6. The molecule has 2 amide bonds. The first-order valence-corrected chi connectivity index (χ1v) is 11.2. The summed E-state index contributed by atoms with van der Waals surface area (Å²) in [6, 6.07) is 15.5. The average molecular weight is 474 g/mol. The summed E-state index contributed by atoms with van der Waals surface area (Å²) in [5.74, 6) is -3.97. The molecule has 10 heteroatoms. The van der Waals surface area contributed by atoms with Crippen LogP contribution >= 0.6 is 0 Å². The van der Waals surface area contributed by atoms with Gasteiger partial charge in [0.2, 0.25) is 10.0 Å². The number of rotatable bonds is 6. The number of halogens is 2. The Morgan fingerprint density at radius 3 is 1.97 bits per heavy atom. The topological polar surface area (TPSA) is 95.6 Å². The Labute approximate surface area is 190 Å². The number of nitrogens with zero attached hydrogens (tertiary/aromatic N) is 1. The van der Waals surface area contributed by atoms with Gasteiger partial charge in [-0.15, -0.1) is 0 Å². The van der Waals surface area contributed by atoms with E-state index in [-0.39, 0.29) is 17.0 Å². The number of nitrogens with one attached hydrogen (secondary N) is 2. The van der Waals surface area contributed by atoms with E-state index >= 15 is 0 Å².